The molecule has 4 aromatic heterocycles. The molecule has 0 aliphatic heterocycles. The minimum Gasteiger partial charge on any atom is -0.464 e. The Morgan fingerprint density at radius 3 is 2.71 bits per heavy atom. The van der Waals surface area contributed by atoms with Crippen molar-refractivity contribution in [2.24, 2.45) is 0 Å². The molecule has 138 valence electrons. The summed E-state index contributed by atoms with van der Waals surface area (Å²) in [6, 6.07) is 9.69. The fourth-order valence-electron chi connectivity index (χ4n) is 3.63. The molecule has 0 N–H and O–H groups in total. The molecule has 0 spiro atoms. The lowest BCUT2D eigenvalue weighted by Crippen LogP contribution is -2.02. The van der Waals surface area contributed by atoms with E-state index in [1.54, 1.807) is 18.7 Å². The van der Waals surface area contributed by atoms with E-state index in [1.807, 2.05) is 44.3 Å². The van der Waals surface area contributed by atoms with Gasteiger partial charge >= 0.3 is 0 Å². The van der Waals surface area contributed by atoms with Gasteiger partial charge in [0.05, 0.1) is 28.7 Å². The lowest BCUT2D eigenvalue weighted by molar-refractivity contribution is 0.468. The van der Waals surface area contributed by atoms with E-state index in [-0.39, 0.29) is 0 Å². The van der Waals surface area contributed by atoms with Crippen LogP contribution in [0.1, 0.15) is 17.0 Å². The van der Waals surface area contributed by atoms with Crippen LogP contribution in [0.5, 0.6) is 11.6 Å². The smallest absolute Gasteiger partial charge is 0.230 e. The molecule has 6 heteroatoms. The second-order valence-electron chi connectivity index (χ2n) is 6.78. The SMILES string of the molecule is Cc1cc(Oc2nccc3occc23)ccc1-c1c(C)nc(C)c2nccn12. The molecule has 0 aliphatic carbocycles. The minimum absolute atomic E-state index is 0.531. The van der Waals surface area contributed by atoms with Crippen LogP contribution in [-0.4, -0.2) is 19.4 Å². The van der Waals surface area contributed by atoms with Crippen LogP contribution >= 0.6 is 0 Å². The zero-order valence-electron chi connectivity index (χ0n) is 15.8. The standard InChI is InChI=1S/C22H18N4O2/c1-13-12-16(28-22-18-7-11-27-19(18)6-8-24-22)4-5-17(13)20-14(2)25-15(3)21-23-9-10-26(20)21/h4-12H,1-3H3. The lowest BCUT2D eigenvalue weighted by Gasteiger charge is -2.14. The number of rotatable bonds is 3. The third-order valence-electron chi connectivity index (χ3n) is 4.89. The number of pyridine rings is 1. The Bertz CT molecular complexity index is 1330. The highest BCUT2D eigenvalue weighted by molar-refractivity contribution is 5.82. The van der Waals surface area contributed by atoms with Crippen molar-refractivity contribution in [3.05, 3.63) is 72.1 Å². The van der Waals surface area contributed by atoms with Crippen molar-refractivity contribution in [1.82, 2.24) is 19.4 Å². The van der Waals surface area contributed by atoms with Crippen molar-refractivity contribution < 1.29 is 9.15 Å². The average molecular weight is 370 g/mol. The second-order valence-corrected chi connectivity index (χ2v) is 6.78. The molecular formula is C22H18N4O2. The summed E-state index contributed by atoms with van der Waals surface area (Å²) in [6.07, 6.45) is 7.09. The van der Waals surface area contributed by atoms with E-state index in [2.05, 4.69) is 32.3 Å². The first-order valence-corrected chi connectivity index (χ1v) is 9.03. The van der Waals surface area contributed by atoms with Gasteiger partial charge in [0.2, 0.25) is 5.88 Å². The molecule has 6 nitrogen and oxygen atoms in total. The predicted octanol–water partition coefficient (Wildman–Crippen LogP) is 5.26. The van der Waals surface area contributed by atoms with Crippen molar-refractivity contribution in [2.45, 2.75) is 20.8 Å². The number of nitrogens with zero attached hydrogens (tertiary/aromatic N) is 4. The van der Waals surface area contributed by atoms with Gasteiger partial charge in [-0.25, -0.2) is 9.97 Å². The Kier molecular flexibility index (Phi) is 3.65. The number of fused-ring (bicyclic) bond motifs is 2. The van der Waals surface area contributed by atoms with Crippen molar-refractivity contribution in [1.29, 1.82) is 0 Å². The van der Waals surface area contributed by atoms with Gasteiger partial charge in [-0.2, -0.15) is 0 Å². The Hall–Kier alpha value is -3.67. The van der Waals surface area contributed by atoms with Crippen LogP contribution in [0.2, 0.25) is 0 Å². The molecule has 0 aliphatic rings. The van der Waals surface area contributed by atoms with Crippen LogP contribution in [0.15, 0.2) is 59.6 Å². The molecule has 4 heterocycles. The average Bonchev–Trinajstić information content (AvgIpc) is 3.33. The number of benzene rings is 1. The Balaban J connectivity index is 1.58. The summed E-state index contributed by atoms with van der Waals surface area (Å²) in [4.78, 5) is 13.4. The topological polar surface area (TPSA) is 65.5 Å². The number of imidazole rings is 1. The largest absolute Gasteiger partial charge is 0.464 e. The monoisotopic (exact) mass is 370 g/mol. The fourth-order valence-corrected chi connectivity index (χ4v) is 3.63. The van der Waals surface area contributed by atoms with Gasteiger partial charge in [0.15, 0.2) is 5.65 Å². The van der Waals surface area contributed by atoms with Gasteiger partial charge in [-0.3, -0.25) is 9.38 Å². The molecule has 28 heavy (non-hydrogen) atoms. The summed E-state index contributed by atoms with van der Waals surface area (Å²) >= 11 is 0. The van der Waals surface area contributed by atoms with Crippen LogP contribution in [0.25, 0.3) is 27.9 Å². The van der Waals surface area contributed by atoms with E-state index in [9.17, 15) is 0 Å². The first-order chi connectivity index (χ1) is 13.6. The maximum atomic E-state index is 6.04. The van der Waals surface area contributed by atoms with Crippen molar-refractivity contribution in [3.63, 3.8) is 0 Å². The van der Waals surface area contributed by atoms with Crippen LogP contribution in [-0.2, 0) is 0 Å². The summed E-state index contributed by atoms with van der Waals surface area (Å²) in [6.45, 7) is 6.07. The number of hydrogen-bond donors (Lipinski definition) is 0. The van der Waals surface area contributed by atoms with Crippen LogP contribution in [0, 0.1) is 20.8 Å². The second kappa shape index (κ2) is 6.20. The maximum absolute atomic E-state index is 6.04. The van der Waals surface area contributed by atoms with E-state index < -0.39 is 0 Å². The van der Waals surface area contributed by atoms with Crippen molar-refractivity contribution in [2.75, 3.05) is 0 Å². The van der Waals surface area contributed by atoms with Gasteiger partial charge in [0.25, 0.3) is 0 Å². The Labute approximate surface area is 161 Å². The number of furan rings is 1. The number of ether oxygens (including phenoxy) is 1. The molecule has 0 bridgehead atoms. The van der Waals surface area contributed by atoms with Crippen LogP contribution < -0.4 is 4.74 Å². The zero-order chi connectivity index (χ0) is 19.3. The molecule has 0 saturated heterocycles. The first kappa shape index (κ1) is 16.5. The maximum Gasteiger partial charge on any atom is 0.230 e. The zero-order valence-corrected chi connectivity index (χ0v) is 15.8. The number of aryl methyl sites for hydroxylation is 3. The summed E-state index contributed by atoms with van der Waals surface area (Å²) < 4.78 is 13.5. The third kappa shape index (κ3) is 2.53. The molecule has 0 fully saturated rings. The van der Waals surface area contributed by atoms with Gasteiger partial charge in [0, 0.05) is 24.2 Å². The van der Waals surface area contributed by atoms with Crippen LogP contribution in [0.3, 0.4) is 0 Å². The number of aromatic nitrogens is 4. The number of hydrogen-bond acceptors (Lipinski definition) is 5. The summed E-state index contributed by atoms with van der Waals surface area (Å²) in [5.74, 6) is 1.26. The molecule has 0 amide bonds. The van der Waals surface area contributed by atoms with E-state index >= 15 is 0 Å². The van der Waals surface area contributed by atoms with Crippen molar-refractivity contribution in [3.8, 4) is 22.9 Å². The first-order valence-electron chi connectivity index (χ1n) is 9.03. The highest BCUT2D eigenvalue weighted by Gasteiger charge is 2.15. The van der Waals surface area contributed by atoms with Gasteiger partial charge in [0.1, 0.15) is 11.3 Å². The summed E-state index contributed by atoms with van der Waals surface area (Å²) in [5, 5.41) is 0.850. The molecule has 0 radical (unpaired) electrons. The fraction of sp³-hybridized carbons (Fsp3) is 0.136. The predicted molar refractivity (Wildman–Crippen MR) is 107 cm³/mol. The van der Waals surface area contributed by atoms with E-state index in [0.29, 0.717) is 5.88 Å². The molecule has 5 aromatic rings. The molecule has 0 atom stereocenters. The van der Waals surface area contributed by atoms with E-state index in [1.165, 1.54) is 0 Å². The molecular weight excluding hydrogens is 352 g/mol. The lowest BCUT2D eigenvalue weighted by atomic mass is 10.0. The van der Waals surface area contributed by atoms with E-state index in [0.717, 1.165) is 50.6 Å². The van der Waals surface area contributed by atoms with Crippen molar-refractivity contribution >= 4 is 16.6 Å². The van der Waals surface area contributed by atoms with Gasteiger partial charge in [-0.1, -0.05) is 0 Å². The van der Waals surface area contributed by atoms with Gasteiger partial charge in [-0.15, -0.1) is 0 Å². The normalized spacial score (nSPS) is 11.4. The molecule has 5 rings (SSSR count). The molecule has 0 unspecified atom stereocenters. The van der Waals surface area contributed by atoms with Gasteiger partial charge in [-0.05, 0) is 56.7 Å². The van der Waals surface area contributed by atoms with Gasteiger partial charge < -0.3 is 9.15 Å². The highest BCUT2D eigenvalue weighted by Crippen LogP contribution is 2.33. The quantitative estimate of drug-likeness (QED) is 0.434. The third-order valence-corrected chi connectivity index (χ3v) is 4.89. The highest BCUT2D eigenvalue weighted by atomic mass is 16.5. The molecule has 0 saturated carbocycles. The Morgan fingerprint density at radius 1 is 0.964 bits per heavy atom. The van der Waals surface area contributed by atoms with Crippen LogP contribution in [0.4, 0.5) is 0 Å². The summed E-state index contributed by atoms with van der Waals surface area (Å²) in [7, 11) is 0. The minimum atomic E-state index is 0.531. The van der Waals surface area contributed by atoms with E-state index in [4.69, 9.17) is 9.15 Å². The Morgan fingerprint density at radius 2 is 1.86 bits per heavy atom. The molecule has 1 aromatic carbocycles. The summed E-state index contributed by atoms with van der Waals surface area (Å²) in [5.41, 5.74) is 6.72.